The van der Waals surface area contributed by atoms with Crippen LogP contribution >= 0.6 is 0 Å². The molecule has 0 spiro atoms. The summed E-state index contributed by atoms with van der Waals surface area (Å²) in [6.07, 6.45) is 4.96. The van der Waals surface area contributed by atoms with E-state index in [1.165, 1.54) is 18.9 Å². The number of methoxy groups -OCH3 is 1. The number of ether oxygens (including phenoxy) is 1. The normalized spacial score (nSPS) is 21.4. The van der Waals surface area contributed by atoms with Crippen LogP contribution in [-0.4, -0.2) is 71.8 Å². The third-order valence-electron chi connectivity index (χ3n) is 6.37. The van der Waals surface area contributed by atoms with Gasteiger partial charge in [0.25, 0.3) is 0 Å². The molecule has 0 bridgehead atoms. The number of benzene rings is 1. The number of rotatable bonds is 7. The summed E-state index contributed by atoms with van der Waals surface area (Å²) in [5.41, 5.74) is 0.877. The Morgan fingerprint density at radius 3 is 2.31 bits per heavy atom. The summed E-state index contributed by atoms with van der Waals surface area (Å²) in [5.74, 6) is -1.42. The topological polar surface area (TPSA) is 96.0 Å². The number of hydrogen-bond acceptors (Lipinski definition) is 5. The molecule has 0 saturated heterocycles. The lowest BCUT2D eigenvalue weighted by molar-refractivity contribution is -0.154. The average molecular weight is 500 g/mol. The summed E-state index contributed by atoms with van der Waals surface area (Å²) in [6, 6.07) is 7.02. The zero-order valence-electron chi connectivity index (χ0n) is 22.4. The second-order valence-electron chi connectivity index (χ2n) is 10.1. The van der Waals surface area contributed by atoms with Crippen molar-refractivity contribution in [3.63, 3.8) is 0 Å². The van der Waals surface area contributed by atoms with Gasteiger partial charge in [0, 0.05) is 26.4 Å². The summed E-state index contributed by atoms with van der Waals surface area (Å²) < 4.78 is 5.06. The van der Waals surface area contributed by atoms with E-state index >= 15 is 0 Å². The Morgan fingerprint density at radius 2 is 1.75 bits per heavy atom. The molecule has 1 aliphatic rings. The first-order valence-corrected chi connectivity index (χ1v) is 12.7. The molecule has 8 nitrogen and oxygen atoms in total. The summed E-state index contributed by atoms with van der Waals surface area (Å²) in [4.78, 5) is 56.0. The fourth-order valence-electron chi connectivity index (χ4n) is 4.63. The van der Waals surface area contributed by atoms with Gasteiger partial charge in [-0.2, -0.15) is 0 Å². The summed E-state index contributed by atoms with van der Waals surface area (Å²) in [7, 11) is 1.32. The lowest BCUT2D eigenvalue weighted by atomic mass is 9.97. The number of esters is 1. The van der Waals surface area contributed by atoms with Gasteiger partial charge in [-0.1, -0.05) is 70.2 Å². The van der Waals surface area contributed by atoms with Gasteiger partial charge in [-0.25, -0.2) is 4.79 Å². The van der Waals surface area contributed by atoms with E-state index in [0.29, 0.717) is 19.4 Å². The van der Waals surface area contributed by atoms with E-state index in [4.69, 9.17) is 4.74 Å². The van der Waals surface area contributed by atoms with E-state index in [0.717, 1.165) is 5.56 Å². The second-order valence-corrected chi connectivity index (χ2v) is 10.1. The molecule has 36 heavy (non-hydrogen) atoms. The molecule has 1 heterocycles. The molecule has 2 rings (SSSR count). The maximum atomic E-state index is 14.0. The van der Waals surface area contributed by atoms with Crippen LogP contribution in [0.5, 0.6) is 0 Å². The SMILES string of the molecule is COC(=O)[C@H](CC(C)C)N1C/C=C\CCN(C(C)=O)[C@@H](C(C)C)C(=O)N[C@H](Cc2ccccc2)C1=O. The largest absolute Gasteiger partial charge is 0.467 e. The Labute approximate surface area is 215 Å². The number of hydrogen-bond donors (Lipinski definition) is 1. The molecule has 1 aromatic carbocycles. The van der Waals surface area contributed by atoms with Gasteiger partial charge in [-0.05, 0) is 30.2 Å². The molecule has 198 valence electrons. The van der Waals surface area contributed by atoms with Crippen molar-refractivity contribution in [3.05, 3.63) is 48.0 Å². The summed E-state index contributed by atoms with van der Waals surface area (Å²) in [5, 5.41) is 2.94. The van der Waals surface area contributed by atoms with E-state index < -0.39 is 24.1 Å². The van der Waals surface area contributed by atoms with Gasteiger partial charge in [-0.15, -0.1) is 0 Å². The Balaban J connectivity index is 2.56. The molecule has 0 unspecified atom stereocenters. The van der Waals surface area contributed by atoms with E-state index in [9.17, 15) is 19.2 Å². The van der Waals surface area contributed by atoms with Gasteiger partial charge in [-0.3, -0.25) is 14.4 Å². The van der Waals surface area contributed by atoms with Crippen LogP contribution in [0.2, 0.25) is 0 Å². The third kappa shape index (κ3) is 7.93. The Hall–Kier alpha value is -3.16. The highest BCUT2D eigenvalue weighted by Gasteiger charge is 2.38. The van der Waals surface area contributed by atoms with Crippen molar-refractivity contribution in [2.24, 2.45) is 11.8 Å². The van der Waals surface area contributed by atoms with Crippen LogP contribution in [0.15, 0.2) is 42.5 Å². The van der Waals surface area contributed by atoms with Gasteiger partial charge >= 0.3 is 5.97 Å². The van der Waals surface area contributed by atoms with E-state index in [1.54, 1.807) is 4.90 Å². The molecular weight excluding hydrogens is 458 g/mol. The number of carbonyl (C=O) groups excluding carboxylic acids is 4. The van der Waals surface area contributed by atoms with Crippen molar-refractivity contribution >= 4 is 23.7 Å². The molecule has 3 atom stereocenters. The van der Waals surface area contributed by atoms with Gasteiger partial charge in [0.2, 0.25) is 17.7 Å². The van der Waals surface area contributed by atoms with Gasteiger partial charge in [0.05, 0.1) is 7.11 Å². The van der Waals surface area contributed by atoms with Crippen molar-refractivity contribution < 1.29 is 23.9 Å². The third-order valence-corrected chi connectivity index (χ3v) is 6.37. The maximum absolute atomic E-state index is 14.0. The van der Waals surface area contributed by atoms with Crippen molar-refractivity contribution in [3.8, 4) is 0 Å². The highest BCUT2D eigenvalue weighted by atomic mass is 16.5. The number of carbonyl (C=O) groups is 4. The Kier molecular flexibility index (Phi) is 11.1. The van der Waals surface area contributed by atoms with E-state index in [2.05, 4.69) is 5.32 Å². The number of nitrogens with zero attached hydrogens (tertiary/aromatic N) is 2. The van der Waals surface area contributed by atoms with Crippen LogP contribution in [0, 0.1) is 11.8 Å². The standard InChI is InChI=1S/C28H41N3O5/c1-19(2)17-24(28(35)36-6)31-16-12-8-11-15-30(21(5)32)25(20(3)4)26(33)29-23(27(31)34)18-22-13-9-7-10-14-22/h7-10,12-14,19-20,23-25H,11,15-18H2,1-6H3,(H,29,33)/b12-8-/t23-,24+,25+/m1/s1. The molecule has 0 aliphatic carbocycles. The molecular formula is C28H41N3O5. The van der Waals surface area contributed by atoms with Crippen LogP contribution in [0.1, 0.15) is 53.0 Å². The minimum atomic E-state index is -0.915. The predicted octanol–water partition coefficient (Wildman–Crippen LogP) is 2.96. The summed E-state index contributed by atoms with van der Waals surface area (Å²) in [6.45, 7) is 9.78. The first-order valence-electron chi connectivity index (χ1n) is 12.7. The predicted molar refractivity (Wildman–Crippen MR) is 139 cm³/mol. The zero-order chi connectivity index (χ0) is 26.8. The summed E-state index contributed by atoms with van der Waals surface area (Å²) >= 11 is 0. The molecule has 0 saturated carbocycles. The zero-order valence-corrected chi connectivity index (χ0v) is 22.4. The second kappa shape index (κ2) is 13.8. The molecule has 0 radical (unpaired) electrons. The van der Waals surface area contributed by atoms with E-state index in [-0.39, 0.29) is 42.5 Å². The quantitative estimate of drug-likeness (QED) is 0.460. The monoisotopic (exact) mass is 499 g/mol. The lowest BCUT2D eigenvalue weighted by Gasteiger charge is -2.36. The highest BCUT2D eigenvalue weighted by molar-refractivity contribution is 5.93. The lowest BCUT2D eigenvalue weighted by Crippen LogP contribution is -2.59. The maximum Gasteiger partial charge on any atom is 0.328 e. The van der Waals surface area contributed by atoms with Gasteiger partial charge in [0.1, 0.15) is 18.1 Å². The molecule has 1 aliphatic heterocycles. The van der Waals surface area contributed by atoms with Crippen molar-refractivity contribution in [2.75, 3.05) is 20.2 Å². The Bertz CT molecular complexity index is 928. The van der Waals surface area contributed by atoms with Gasteiger partial charge < -0.3 is 19.9 Å². The first-order chi connectivity index (χ1) is 17.1. The minimum absolute atomic E-state index is 0.142. The molecule has 8 heteroatoms. The molecule has 1 aromatic rings. The smallest absolute Gasteiger partial charge is 0.328 e. The fraction of sp³-hybridized carbons (Fsp3) is 0.571. The molecule has 1 N–H and O–H groups in total. The molecule has 0 fully saturated rings. The molecule has 3 amide bonds. The van der Waals surface area contributed by atoms with Crippen LogP contribution in [0.3, 0.4) is 0 Å². The van der Waals surface area contributed by atoms with Crippen molar-refractivity contribution in [1.82, 2.24) is 15.1 Å². The number of amides is 3. The minimum Gasteiger partial charge on any atom is -0.467 e. The Morgan fingerprint density at radius 1 is 1.08 bits per heavy atom. The highest BCUT2D eigenvalue weighted by Crippen LogP contribution is 2.19. The number of nitrogens with one attached hydrogen (secondary N) is 1. The van der Waals surface area contributed by atoms with Crippen LogP contribution in [-0.2, 0) is 30.3 Å². The van der Waals surface area contributed by atoms with Gasteiger partial charge in [0.15, 0.2) is 0 Å². The van der Waals surface area contributed by atoms with Crippen LogP contribution in [0.25, 0.3) is 0 Å². The fourth-order valence-corrected chi connectivity index (χ4v) is 4.63. The van der Waals surface area contributed by atoms with Crippen molar-refractivity contribution in [2.45, 2.75) is 72.0 Å². The van der Waals surface area contributed by atoms with Crippen LogP contribution in [0.4, 0.5) is 0 Å². The van der Waals surface area contributed by atoms with Crippen molar-refractivity contribution in [1.29, 1.82) is 0 Å². The molecule has 0 aromatic heterocycles. The van der Waals surface area contributed by atoms with E-state index in [1.807, 2.05) is 70.2 Å². The van der Waals surface area contributed by atoms with Crippen LogP contribution < -0.4 is 5.32 Å². The first kappa shape index (κ1) is 29.1. The average Bonchev–Trinajstić information content (AvgIpc) is 2.82.